The molecule has 1 aliphatic heterocycles. The minimum absolute atomic E-state index is 0.206. The van der Waals surface area contributed by atoms with E-state index >= 15 is 0 Å². The quantitative estimate of drug-likeness (QED) is 0.780. The normalized spacial score (nSPS) is 17.9. The number of amides is 1. The molecular formula is C17H23N5OS. The minimum atomic E-state index is 0.206. The largest absolute Gasteiger partial charge is 0.339 e. The van der Waals surface area contributed by atoms with Gasteiger partial charge in [0.1, 0.15) is 0 Å². The number of hydrogen-bond acceptors (Lipinski definition) is 5. The van der Waals surface area contributed by atoms with Crippen molar-refractivity contribution in [3.05, 3.63) is 24.5 Å². The molecule has 24 heavy (non-hydrogen) atoms. The third kappa shape index (κ3) is 3.61. The molecule has 7 heteroatoms. The second-order valence-electron chi connectivity index (χ2n) is 6.04. The Morgan fingerprint density at radius 3 is 3.00 bits per heavy atom. The Morgan fingerprint density at radius 2 is 2.25 bits per heavy atom. The van der Waals surface area contributed by atoms with E-state index in [1.807, 2.05) is 23.7 Å². The number of hydrogen-bond donors (Lipinski definition) is 0. The summed E-state index contributed by atoms with van der Waals surface area (Å²) >= 11 is 1.45. The first kappa shape index (κ1) is 17.0. The maximum absolute atomic E-state index is 12.6. The van der Waals surface area contributed by atoms with Crippen LogP contribution in [0, 0.1) is 0 Å². The second-order valence-corrected chi connectivity index (χ2v) is 6.98. The standard InChI is InChI=1S/C17H23N5OS/c1-3-14-8-4-5-10-22(14)15(23)12-24-17-20-19-16(21(17)2)13-7-6-9-18-11-13/h6-7,9,11,14H,3-5,8,10,12H2,1-2H3. The molecule has 128 valence electrons. The molecule has 0 saturated carbocycles. The molecule has 3 heterocycles. The van der Waals surface area contributed by atoms with E-state index in [9.17, 15) is 4.79 Å². The Morgan fingerprint density at radius 1 is 1.38 bits per heavy atom. The molecule has 0 radical (unpaired) electrons. The Kier molecular flexibility index (Phi) is 5.50. The lowest BCUT2D eigenvalue weighted by Gasteiger charge is -2.35. The zero-order valence-electron chi connectivity index (χ0n) is 14.2. The predicted octanol–water partition coefficient (Wildman–Crippen LogP) is 2.76. The van der Waals surface area contributed by atoms with Gasteiger partial charge in [-0.3, -0.25) is 9.78 Å². The van der Waals surface area contributed by atoms with Crippen molar-refractivity contribution in [1.82, 2.24) is 24.6 Å². The van der Waals surface area contributed by atoms with Gasteiger partial charge < -0.3 is 9.47 Å². The van der Waals surface area contributed by atoms with Crippen LogP contribution in [0.15, 0.2) is 29.7 Å². The van der Waals surface area contributed by atoms with Gasteiger partial charge in [0.2, 0.25) is 5.91 Å². The molecule has 0 bridgehead atoms. The molecule has 1 aliphatic rings. The molecule has 1 saturated heterocycles. The maximum Gasteiger partial charge on any atom is 0.233 e. The highest BCUT2D eigenvalue weighted by Gasteiger charge is 2.25. The SMILES string of the molecule is CCC1CCCCN1C(=O)CSc1nnc(-c2cccnc2)n1C. The van der Waals surface area contributed by atoms with Crippen molar-refractivity contribution in [1.29, 1.82) is 0 Å². The van der Waals surface area contributed by atoms with E-state index < -0.39 is 0 Å². The van der Waals surface area contributed by atoms with Crippen LogP contribution in [0.5, 0.6) is 0 Å². The van der Waals surface area contributed by atoms with Crippen LogP contribution < -0.4 is 0 Å². The van der Waals surface area contributed by atoms with Gasteiger partial charge in [0, 0.05) is 37.6 Å². The van der Waals surface area contributed by atoms with Crippen molar-refractivity contribution in [2.45, 2.75) is 43.8 Å². The average molecular weight is 345 g/mol. The van der Waals surface area contributed by atoms with Crippen molar-refractivity contribution in [2.75, 3.05) is 12.3 Å². The molecule has 0 aromatic carbocycles. The highest BCUT2D eigenvalue weighted by atomic mass is 32.2. The molecule has 0 N–H and O–H groups in total. The second kappa shape index (κ2) is 7.79. The first-order valence-corrected chi connectivity index (χ1v) is 9.41. The molecule has 2 aromatic rings. The monoisotopic (exact) mass is 345 g/mol. The third-order valence-corrected chi connectivity index (χ3v) is 5.50. The Labute approximate surface area is 146 Å². The number of aromatic nitrogens is 4. The van der Waals surface area contributed by atoms with E-state index in [4.69, 9.17) is 0 Å². The summed E-state index contributed by atoms with van der Waals surface area (Å²) < 4.78 is 1.92. The Balaban J connectivity index is 1.65. The van der Waals surface area contributed by atoms with Gasteiger partial charge in [0.25, 0.3) is 0 Å². The van der Waals surface area contributed by atoms with Gasteiger partial charge in [0.05, 0.1) is 5.75 Å². The topological polar surface area (TPSA) is 63.9 Å². The van der Waals surface area contributed by atoms with Crippen LogP contribution in [-0.4, -0.2) is 48.9 Å². The van der Waals surface area contributed by atoms with Gasteiger partial charge in [-0.25, -0.2) is 0 Å². The molecule has 6 nitrogen and oxygen atoms in total. The summed E-state index contributed by atoms with van der Waals surface area (Å²) in [6.45, 7) is 3.05. The van der Waals surface area contributed by atoms with E-state index in [-0.39, 0.29) is 5.91 Å². The lowest BCUT2D eigenvalue weighted by molar-refractivity contribution is -0.132. The van der Waals surface area contributed by atoms with E-state index in [2.05, 4.69) is 27.0 Å². The molecule has 1 fully saturated rings. The van der Waals surface area contributed by atoms with E-state index in [0.29, 0.717) is 11.8 Å². The molecule has 1 unspecified atom stereocenters. The molecular weight excluding hydrogens is 322 g/mol. The first-order valence-electron chi connectivity index (χ1n) is 8.42. The zero-order valence-corrected chi connectivity index (χ0v) is 15.0. The van der Waals surface area contributed by atoms with Gasteiger partial charge in [-0.1, -0.05) is 18.7 Å². The van der Waals surface area contributed by atoms with Crippen LogP contribution in [0.4, 0.5) is 0 Å². The molecule has 0 spiro atoms. The summed E-state index contributed by atoms with van der Waals surface area (Å²) in [5, 5.41) is 9.22. The summed E-state index contributed by atoms with van der Waals surface area (Å²) in [6, 6.07) is 4.23. The van der Waals surface area contributed by atoms with Crippen molar-refractivity contribution < 1.29 is 4.79 Å². The molecule has 0 aliphatic carbocycles. The summed E-state index contributed by atoms with van der Waals surface area (Å²) in [4.78, 5) is 18.7. The number of likely N-dealkylation sites (tertiary alicyclic amines) is 1. The van der Waals surface area contributed by atoms with Crippen LogP contribution >= 0.6 is 11.8 Å². The van der Waals surface area contributed by atoms with Crippen LogP contribution in [-0.2, 0) is 11.8 Å². The lowest BCUT2D eigenvalue weighted by Crippen LogP contribution is -2.44. The fourth-order valence-electron chi connectivity index (χ4n) is 3.15. The number of piperidine rings is 1. The summed E-state index contributed by atoms with van der Waals surface area (Å²) in [5.74, 6) is 1.38. The van der Waals surface area contributed by atoms with Crippen LogP contribution in [0.25, 0.3) is 11.4 Å². The fraction of sp³-hybridized carbons (Fsp3) is 0.529. The van der Waals surface area contributed by atoms with Gasteiger partial charge in [0.15, 0.2) is 11.0 Å². The van der Waals surface area contributed by atoms with E-state index in [0.717, 1.165) is 42.4 Å². The number of carbonyl (C=O) groups excluding carboxylic acids is 1. The third-order valence-electron chi connectivity index (χ3n) is 4.50. The summed E-state index contributed by atoms with van der Waals surface area (Å²) in [6.07, 6.45) is 8.00. The number of thioether (sulfide) groups is 1. The van der Waals surface area contributed by atoms with Crippen molar-refractivity contribution in [2.24, 2.45) is 7.05 Å². The highest BCUT2D eigenvalue weighted by Crippen LogP contribution is 2.24. The van der Waals surface area contributed by atoms with Gasteiger partial charge in [-0.05, 0) is 37.8 Å². The zero-order chi connectivity index (χ0) is 16.9. The predicted molar refractivity (Wildman–Crippen MR) is 94.6 cm³/mol. The number of nitrogens with zero attached hydrogens (tertiary/aromatic N) is 5. The highest BCUT2D eigenvalue weighted by molar-refractivity contribution is 7.99. The van der Waals surface area contributed by atoms with Gasteiger partial charge in [-0.15, -0.1) is 10.2 Å². The van der Waals surface area contributed by atoms with Crippen molar-refractivity contribution in [3.63, 3.8) is 0 Å². The van der Waals surface area contributed by atoms with Crippen LogP contribution in [0.2, 0.25) is 0 Å². The number of pyridine rings is 1. The van der Waals surface area contributed by atoms with Gasteiger partial charge in [-0.2, -0.15) is 0 Å². The minimum Gasteiger partial charge on any atom is -0.339 e. The van der Waals surface area contributed by atoms with Crippen LogP contribution in [0.3, 0.4) is 0 Å². The Hall–Kier alpha value is -1.89. The molecule has 3 rings (SSSR count). The number of carbonyl (C=O) groups is 1. The fourth-order valence-corrected chi connectivity index (χ4v) is 3.95. The maximum atomic E-state index is 12.6. The Bertz CT molecular complexity index is 688. The smallest absolute Gasteiger partial charge is 0.233 e. The summed E-state index contributed by atoms with van der Waals surface area (Å²) in [7, 11) is 1.92. The van der Waals surface area contributed by atoms with Crippen molar-refractivity contribution in [3.8, 4) is 11.4 Å². The van der Waals surface area contributed by atoms with E-state index in [1.165, 1.54) is 18.2 Å². The lowest BCUT2D eigenvalue weighted by atomic mass is 10.0. The first-order chi connectivity index (χ1) is 11.7. The van der Waals surface area contributed by atoms with Crippen molar-refractivity contribution >= 4 is 17.7 Å². The average Bonchev–Trinajstić information content (AvgIpc) is 3.01. The summed E-state index contributed by atoms with van der Waals surface area (Å²) in [5.41, 5.74) is 0.924. The van der Waals surface area contributed by atoms with Gasteiger partial charge >= 0.3 is 0 Å². The number of rotatable bonds is 5. The molecule has 1 amide bonds. The van der Waals surface area contributed by atoms with Crippen LogP contribution in [0.1, 0.15) is 32.6 Å². The van der Waals surface area contributed by atoms with E-state index in [1.54, 1.807) is 12.4 Å². The molecule has 2 aromatic heterocycles. The molecule has 1 atom stereocenters.